The van der Waals surface area contributed by atoms with Gasteiger partial charge in [0.25, 0.3) is 5.69 Å². The number of anilines is 1. The average Bonchev–Trinajstić information content (AvgIpc) is 2.24. The molecular formula is C13H18N2O4S. The number of hydrogen-bond donors (Lipinski definition) is 1. The lowest BCUT2D eigenvalue weighted by atomic mass is 9.80. The van der Waals surface area contributed by atoms with Crippen molar-refractivity contribution >= 4 is 21.2 Å². The molecule has 1 aromatic rings. The first-order valence-electron chi connectivity index (χ1n) is 6.54. The normalized spacial score (nSPS) is 17.3. The molecule has 0 amide bonds. The van der Waals surface area contributed by atoms with Gasteiger partial charge in [0.2, 0.25) is 0 Å². The third-order valence-corrected chi connectivity index (χ3v) is 4.94. The zero-order valence-electron chi connectivity index (χ0n) is 11.5. The SMILES string of the molecule is CC(Nc1ccc(S(C)(=O)=O)cc1[N+](=O)[O-])C1CCC1. The minimum Gasteiger partial charge on any atom is -0.377 e. The monoisotopic (exact) mass is 298 g/mol. The first-order chi connectivity index (χ1) is 9.29. The van der Waals surface area contributed by atoms with Crippen LogP contribution in [0.1, 0.15) is 26.2 Å². The molecule has 1 saturated carbocycles. The highest BCUT2D eigenvalue weighted by atomic mass is 32.2. The zero-order valence-corrected chi connectivity index (χ0v) is 12.3. The summed E-state index contributed by atoms with van der Waals surface area (Å²) in [7, 11) is -3.45. The Kier molecular flexibility index (Phi) is 3.99. The third kappa shape index (κ3) is 3.09. The molecule has 1 aliphatic rings. The van der Waals surface area contributed by atoms with Gasteiger partial charge in [-0.2, -0.15) is 0 Å². The van der Waals surface area contributed by atoms with Gasteiger partial charge in [-0.25, -0.2) is 8.42 Å². The molecule has 110 valence electrons. The van der Waals surface area contributed by atoms with Crippen LogP contribution in [0.5, 0.6) is 0 Å². The van der Waals surface area contributed by atoms with Crippen LogP contribution >= 0.6 is 0 Å². The Bertz CT molecular complexity index is 623. The van der Waals surface area contributed by atoms with Crippen molar-refractivity contribution in [1.82, 2.24) is 0 Å². The summed E-state index contributed by atoms with van der Waals surface area (Å²) in [5.74, 6) is 0.532. The summed E-state index contributed by atoms with van der Waals surface area (Å²) in [4.78, 5) is 10.5. The summed E-state index contributed by atoms with van der Waals surface area (Å²) >= 11 is 0. The van der Waals surface area contributed by atoms with Crippen molar-refractivity contribution in [3.63, 3.8) is 0 Å². The third-order valence-electron chi connectivity index (χ3n) is 3.83. The number of hydrogen-bond acceptors (Lipinski definition) is 5. The first kappa shape index (κ1) is 14.8. The smallest absolute Gasteiger partial charge is 0.293 e. The summed E-state index contributed by atoms with van der Waals surface area (Å²) in [6.45, 7) is 2.00. The van der Waals surface area contributed by atoms with E-state index in [4.69, 9.17) is 0 Å². The van der Waals surface area contributed by atoms with Gasteiger partial charge in [-0.15, -0.1) is 0 Å². The molecule has 7 heteroatoms. The van der Waals surface area contributed by atoms with Gasteiger partial charge >= 0.3 is 0 Å². The Labute approximate surface area is 118 Å². The Morgan fingerprint density at radius 2 is 2.05 bits per heavy atom. The molecule has 0 bridgehead atoms. The van der Waals surface area contributed by atoms with Gasteiger partial charge < -0.3 is 5.32 Å². The largest absolute Gasteiger partial charge is 0.377 e. The van der Waals surface area contributed by atoms with E-state index in [1.54, 1.807) is 0 Å². The van der Waals surface area contributed by atoms with Gasteiger partial charge in [0.1, 0.15) is 5.69 Å². The second-order valence-corrected chi connectivity index (χ2v) is 7.35. The van der Waals surface area contributed by atoms with Crippen LogP contribution in [0.3, 0.4) is 0 Å². The summed E-state index contributed by atoms with van der Waals surface area (Å²) in [5.41, 5.74) is 0.181. The molecular weight excluding hydrogens is 280 g/mol. The predicted octanol–water partition coefficient (Wildman–Crippen LogP) is 2.60. The molecule has 0 saturated heterocycles. The second-order valence-electron chi connectivity index (χ2n) is 5.33. The first-order valence-corrected chi connectivity index (χ1v) is 8.43. The van der Waals surface area contributed by atoms with Gasteiger partial charge in [0.05, 0.1) is 9.82 Å². The quantitative estimate of drug-likeness (QED) is 0.666. The van der Waals surface area contributed by atoms with Crippen molar-refractivity contribution in [2.24, 2.45) is 5.92 Å². The maximum absolute atomic E-state index is 11.5. The molecule has 0 heterocycles. The van der Waals surface area contributed by atoms with Gasteiger partial charge in [0, 0.05) is 18.4 Å². The van der Waals surface area contributed by atoms with Gasteiger partial charge in [-0.05, 0) is 37.8 Å². The number of rotatable bonds is 5. The van der Waals surface area contributed by atoms with Gasteiger partial charge in [0.15, 0.2) is 9.84 Å². The van der Waals surface area contributed by atoms with Crippen LogP contribution in [0.4, 0.5) is 11.4 Å². The van der Waals surface area contributed by atoms with Crippen molar-refractivity contribution in [2.45, 2.75) is 37.1 Å². The fraction of sp³-hybridized carbons (Fsp3) is 0.538. The maximum Gasteiger partial charge on any atom is 0.293 e. The summed E-state index contributed by atoms with van der Waals surface area (Å²) in [5, 5.41) is 14.2. The summed E-state index contributed by atoms with van der Waals surface area (Å²) < 4.78 is 22.9. The van der Waals surface area contributed by atoms with Crippen LogP contribution in [0.2, 0.25) is 0 Å². The summed E-state index contributed by atoms with van der Waals surface area (Å²) in [6, 6.07) is 4.14. The number of nitrogens with zero attached hydrogens (tertiary/aromatic N) is 1. The standard InChI is InChI=1S/C13H18N2O4S/c1-9(10-4-3-5-10)14-12-7-6-11(20(2,18)19)8-13(12)15(16)17/h6-10,14H,3-5H2,1-2H3. The molecule has 1 fully saturated rings. The van der Waals surface area contributed by atoms with Crippen molar-refractivity contribution < 1.29 is 13.3 Å². The number of benzene rings is 1. The van der Waals surface area contributed by atoms with Crippen LogP contribution < -0.4 is 5.32 Å². The Morgan fingerprint density at radius 3 is 2.50 bits per heavy atom. The molecule has 1 unspecified atom stereocenters. The average molecular weight is 298 g/mol. The molecule has 1 N–H and O–H groups in total. The molecule has 1 aromatic carbocycles. The van der Waals surface area contributed by atoms with E-state index in [0.717, 1.165) is 25.2 Å². The highest BCUT2D eigenvalue weighted by Gasteiger charge is 2.26. The second kappa shape index (κ2) is 5.40. The van der Waals surface area contributed by atoms with Crippen molar-refractivity contribution in [2.75, 3.05) is 11.6 Å². The fourth-order valence-electron chi connectivity index (χ4n) is 2.32. The van der Waals surface area contributed by atoms with Crippen LogP contribution in [-0.4, -0.2) is 25.6 Å². The van der Waals surface area contributed by atoms with Crippen LogP contribution in [-0.2, 0) is 9.84 Å². The highest BCUT2D eigenvalue weighted by Crippen LogP contribution is 2.34. The molecule has 6 nitrogen and oxygen atoms in total. The molecule has 1 aliphatic carbocycles. The van der Waals surface area contributed by atoms with E-state index in [-0.39, 0.29) is 16.6 Å². The number of nitro benzene ring substituents is 1. The van der Waals surface area contributed by atoms with Crippen LogP contribution in [0, 0.1) is 16.0 Å². The maximum atomic E-state index is 11.5. The van der Waals surface area contributed by atoms with Crippen LogP contribution in [0.15, 0.2) is 23.1 Å². The fourth-order valence-corrected chi connectivity index (χ4v) is 2.96. The summed E-state index contributed by atoms with van der Waals surface area (Å²) in [6.07, 6.45) is 4.49. The lowest BCUT2D eigenvalue weighted by Gasteiger charge is -2.32. The number of sulfone groups is 1. The molecule has 1 atom stereocenters. The Hall–Kier alpha value is -1.63. The molecule has 0 radical (unpaired) electrons. The minimum atomic E-state index is -3.45. The Balaban J connectivity index is 2.30. The van der Waals surface area contributed by atoms with E-state index in [0.29, 0.717) is 11.6 Å². The zero-order chi connectivity index (χ0) is 14.9. The van der Waals surface area contributed by atoms with Crippen molar-refractivity contribution in [3.8, 4) is 0 Å². The lowest BCUT2D eigenvalue weighted by molar-refractivity contribution is -0.384. The van der Waals surface area contributed by atoms with E-state index < -0.39 is 14.8 Å². The van der Waals surface area contributed by atoms with E-state index >= 15 is 0 Å². The van der Waals surface area contributed by atoms with Gasteiger partial charge in [-0.1, -0.05) is 6.42 Å². The van der Waals surface area contributed by atoms with E-state index in [1.165, 1.54) is 18.6 Å². The minimum absolute atomic E-state index is 0.0361. The van der Waals surface area contributed by atoms with E-state index in [9.17, 15) is 18.5 Å². The van der Waals surface area contributed by atoms with Crippen molar-refractivity contribution in [3.05, 3.63) is 28.3 Å². The molecule has 20 heavy (non-hydrogen) atoms. The molecule has 2 rings (SSSR count). The highest BCUT2D eigenvalue weighted by molar-refractivity contribution is 7.90. The van der Waals surface area contributed by atoms with Crippen molar-refractivity contribution in [1.29, 1.82) is 0 Å². The van der Waals surface area contributed by atoms with Crippen LogP contribution in [0.25, 0.3) is 0 Å². The van der Waals surface area contributed by atoms with E-state index in [2.05, 4.69) is 5.32 Å². The topological polar surface area (TPSA) is 89.3 Å². The predicted molar refractivity (Wildman–Crippen MR) is 76.6 cm³/mol. The van der Waals surface area contributed by atoms with Gasteiger partial charge in [-0.3, -0.25) is 10.1 Å². The molecule has 0 aromatic heterocycles. The Morgan fingerprint density at radius 1 is 1.40 bits per heavy atom. The molecule has 0 spiro atoms. The number of nitro groups is 1. The van der Waals surface area contributed by atoms with E-state index in [1.807, 2.05) is 6.92 Å². The lowest BCUT2D eigenvalue weighted by Crippen LogP contribution is -2.31. The molecule has 0 aliphatic heterocycles. The number of nitrogens with one attached hydrogen (secondary N) is 1.